The summed E-state index contributed by atoms with van der Waals surface area (Å²) in [4.78, 5) is 27.3. The number of piperidine rings is 1. The number of thiophene rings is 1. The van der Waals surface area contributed by atoms with Crippen LogP contribution in [0.4, 0.5) is 0 Å². The van der Waals surface area contributed by atoms with Crippen molar-refractivity contribution in [3.8, 4) is 5.00 Å². The molecule has 2 aromatic heterocycles. The number of hydrogen-bond acceptors (Lipinski definition) is 3. The van der Waals surface area contributed by atoms with E-state index in [9.17, 15) is 9.59 Å². The number of hydrogen-bond donors (Lipinski definition) is 1. The molecule has 5 nitrogen and oxygen atoms in total. The van der Waals surface area contributed by atoms with Gasteiger partial charge in [-0.2, -0.15) is 0 Å². The third kappa shape index (κ3) is 4.77. The lowest BCUT2D eigenvalue weighted by Gasteiger charge is -2.32. The normalized spacial score (nSPS) is 16.6. The highest BCUT2D eigenvalue weighted by molar-refractivity contribution is 7.12. The molecule has 6 heteroatoms. The highest BCUT2D eigenvalue weighted by Gasteiger charge is 2.28. The molecule has 1 unspecified atom stereocenters. The average molecular weight is 408 g/mol. The van der Waals surface area contributed by atoms with Crippen molar-refractivity contribution < 1.29 is 9.59 Å². The summed E-state index contributed by atoms with van der Waals surface area (Å²) in [5.41, 5.74) is 2.12. The monoisotopic (exact) mass is 407 g/mol. The summed E-state index contributed by atoms with van der Waals surface area (Å²) in [7, 11) is 0. The number of carbonyl (C=O) groups is 2. The molecule has 4 rings (SSSR count). The van der Waals surface area contributed by atoms with Gasteiger partial charge in [0, 0.05) is 37.6 Å². The molecule has 3 heterocycles. The average Bonchev–Trinajstić information content (AvgIpc) is 3.44. The maximum Gasteiger partial charge on any atom is 0.227 e. The molecule has 0 bridgehead atoms. The first-order chi connectivity index (χ1) is 14.2. The van der Waals surface area contributed by atoms with Gasteiger partial charge in [0.2, 0.25) is 11.8 Å². The van der Waals surface area contributed by atoms with Gasteiger partial charge in [0.25, 0.3) is 0 Å². The van der Waals surface area contributed by atoms with E-state index in [1.165, 1.54) is 0 Å². The van der Waals surface area contributed by atoms with Gasteiger partial charge < -0.3 is 14.8 Å². The van der Waals surface area contributed by atoms with E-state index in [1.54, 1.807) is 11.3 Å². The Bertz CT molecular complexity index is 950. The van der Waals surface area contributed by atoms with Crippen molar-refractivity contribution in [2.75, 3.05) is 13.1 Å². The molecule has 0 saturated carbocycles. The smallest absolute Gasteiger partial charge is 0.227 e. The van der Waals surface area contributed by atoms with E-state index < -0.39 is 0 Å². The van der Waals surface area contributed by atoms with Crippen LogP contribution in [0.5, 0.6) is 0 Å². The van der Waals surface area contributed by atoms with Crippen LogP contribution in [0.1, 0.15) is 24.0 Å². The first-order valence-corrected chi connectivity index (χ1v) is 10.9. The van der Waals surface area contributed by atoms with Crippen molar-refractivity contribution in [2.24, 2.45) is 5.92 Å². The summed E-state index contributed by atoms with van der Waals surface area (Å²) >= 11 is 1.66. The molecule has 1 atom stereocenters. The molecule has 1 N–H and O–H groups in total. The highest BCUT2D eigenvalue weighted by atomic mass is 32.1. The first-order valence-electron chi connectivity index (χ1n) is 10.00. The number of nitrogens with zero attached hydrogens (tertiary/aromatic N) is 2. The van der Waals surface area contributed by atoms with Crippen LogP contribution in [0.3, 0.4) is 0 Å². The zero-order chi connectivity index (χ0) is 20.1. The van der Waals surface area contributed by atoms with Gasteiger partial charge in [-0.05, 0) is 42.0 Å². The van der Waals surface area contributed by atoms with Crippen LogP contribution < -0.4 is 5.32 Å². The fraction of sp³-hybridized carbons (Fsp3) is 0.304. The molecule has 1 aliphatic heterocycles. The van der Waals surface area contributed by atoms with Gasteiger partial charge in [0.15, 0.2) is 0 Å². The van der Waals surface area contributed by atoms with Crippen LogP contribution in [0.25, 0.3) is 5.00 Å². The highest BCUT2D eigenvalue weighted by Crippen LogP contribution is 2.23. The molecule has 1 saturated heterocycles. The second-order valence-electron chi connectivity index (χ2n) is 7.40. The van der Waals surface area contributed by atoms with Gasteiger partial charge >= 0.3 is 0 Å². The second-order valence-corrected chi connectivity index (χ2v) is 8.29. The van der Waals surface area contributed by atoms with Crippen molar-refractivity contribution in [3.63, 3.8) is 0 Å². The SMILES string of the molecule is O=C(NCc1ccsc1-n1cccc1)C1CCCN(C(=O)Cc2ccccc2)C1. The molecular formula is C23H25N3O2S. The Morgan fingerprint density at radius 1 is 1.07 bits per heavy atom. The van der Waals surface area contributed by atoms with Crippen LogP contribution >= 0.6 is 11.3 Å². The topological polar surface area (TPSA) is 54.3 Å². The van der Waals surface area contributed by atoms with E-state index in [-0.39, 0.29) is 17.7 Å². The summed E-state index contributed by atoms with van der Waals surface area (Å²) in [6, 6.07) is 15.8. The van der Waals surface area contributed by atoms with Gasteiger partial charge in [0.05, 0.1) is 12.3 Å². The Morgan fingerprint density at radius 2 is 1.86 bits per heavy atom. The number of nitrogens with one attached hydrogen (secondary N) is 1. The third-order valence-corrected chi connectivity index (χ3v) is 6.33. The second kappa shape index (κ2) is 9.09. The first kappa shape index (κ1) is 19.5. The Morgan fingerprint density at radius 3 is 2.66 bits per heavy atom. The van der Waals surface area contributed by atoms with Crippen LogP contribution in [-0.4, -0.2) is 34.4 Å². The maximum absolute atomic E-state index is 12.8. The van der Waals surface area contributed by atoms with E-state index in [4.69, 9.17) is 0 Å². The van der Waals surface area contributed by atoms with Crippen molar-refractivity contribution >= 4 is 23.2 Å². The van der Waals surface area contributed by atoms with E-state index in [2.05, 4.69) is 16.0 Å². The molecule has 3 aromatic rings. The zero-order valence-corrected chi connectivity index (χ0v) is 17.1. The molecule has 1 aliphatic rings. The summed E-state index contributed by atoms with van der Waals surface area (Å²) in [6.45, 7) is 1.74. The van der Waals surface area contributed by atoms with Crippen molar-refractivity contribution in [1.82, 2.24) is 14.8 Å². The van der Waals surface area contributed by atoms with Gasteiger partial charge in [-0.15, -0.1) is 11.3 Å². The van der Waals surface area contributed by atoms with Crippen LogP contribution in [0.2, 0.25) is 0 Å². The zero-order valence-electron chi connectivity index (χ0n) is 16.3. The number of aromatic nitrogens is 1. The summed E-state index contributed by atoms with van der Waals surface area (Å²) in [5, 5.41) is 6.25. The fourth-order valence-electron chi connectivity index (χ4n) is 3.79. The molecule has 2 amide bonds. The quantitative estimate of drug-likeness (QED) is 0.678. The van der Waals surface area contributed by atoms with E-state index in [0.717, 1.165) is 35.5 Å². The lowest BCUT2D eigenvalue weighted by atomic mass is 9.96. The van der Waals surface area contributed by atoms with E-state index >= 15 is 0 Å². The van der Waals surface area contributed by atoms with Crippen LogP contribution in [-0.2, 0) is 22.6 Å². The number of likely N-dealkylation sites (tertiary alicyclic amines) is 1. The lowest BCUT2D eigenvalue weighted by molar-refractivity contribution is -0.135. The van der Waals surface area contributed by atoms with Gasteiger partial charge in [-0.3, -0.25) is 9.59 Å². The fourth-order valence-corrected chi connectivity index (χ4v) is 4.68. The Balaban J connectivity index is 1.32. The number of amides is 2. The molecule has 0 spiro atoms. The Kier molecular flexibility index (Phi) is 6.10. The van der Waals surface area contributed by atoms with E-state index in [0.29, 0.717) is 19.5 Å². The summed E-state index contributed by atoms with van der Waals surface area (Å²) in [6.07, 6.45) is 6.11. The minimum atomic E-state index is -0.142. The molecule has 0 aliphatic carbocycles. The van der Waals surface area contributed by atoms with Crippen molar-refractivity contribution in [2.45, 2.75) is 25.8 Å². The standard InChI is InChI=1S/C23H25N3O2S/c27-21(15-18-7-2-1-3-8-18)26-13-6-9-20(17-26)22(28)24-16-19-10-14-29-23(19)25-11-4-5-12-25/h1-5,7-8,10-12,14,20H,6,9,13,15-17H2,(H,24,28). The molecule has 29 heavy (non-hydrogen) atoms. The van der Waals surface area contributed by atoms with Crippen molar-refractivity contribution in [3.05, 3.63) is 77.4 Å². The Labute approximate surface area is 175 Å². The number of benzene rings is 1. The maximum atomic E-state index is 12.8. The summed E-state index contributed by atoms with van der Waals surface area (Å²) in [5.74, 6) is -0.00886. The minimum Gasteiger partial charge on any atom is -0.352 e. The summed E-state index contributed by atoms with van der Waals surface area (Å²) < 4.78 is 2.07. The molecule has 0 radical (unpaired) electrons. The molecule has 1 aromatic carbocycles. The van der Waals surface area contributed by atoms with Gasteiger partial charge in [0.1, 0.15) is 5.00 Å². The van der Waals surface area contributed by atoms with Crippen LogP contribution in [0.15, 0.2) is 66.3 Å². The molecular weight excluding hydrogens is 382 g/mol. The lowest BCUT2D eigenvalue weighted by Crippen LogP contribution is -2.45. The number of rotatable bonds is 6. The van der Waals surface area contributed by atoms with Crippen LogP contribution in [0, 0.1) is 5.92 Å². The van der Waals surface area contributed by atoms with E-state index in [1.807, 2.05) is 65.1 Å². The third-order valence-electron chi connectivity index (χ3n) is 5.36. The number of carbonyl (C=O) groups excluding carboxylic acids is 2. The van der Waals surface area contributed by atoms with Gasteiger partial charge in [-0.1, -0.05) is 30.3 Å². The van der Waals surface area contributed by atoms with Gasteiger partial charge in [-0.25, -0.2) is 0 Å². The predicted molar refractivity (Wildman–Crippen MR) is 115 cm³/mol. The molecule has 1 fully saturated rings. The molecule has 150 valence electrons. The van der Waals surface area contributed by atoms with Crippen molar-refractivity contribution in [1.29, 1.82) is 0 Å². The Hall–Kier alpha value is -2.86. The minimum absolute atomic E-state index is 0.0341. The largest absolute Gasteiger partial charge is 0.352 e. The predicted octanol–water partition coefficient (Wildman–Crippen LogP) is 3.64.